The predicted molar refractivity (Wildman–Crippen MR) is 87.9 cm³/mol. The maximum atomic E-state index is 14.6. The zero-order valence-corrected chi connectivity index (χ0v) is 13.6. The van der Waals surface area contributed by atoms with Crippen LogP contribution in [0.1, 0.15) is 32.3 Å². The molecular formula is C19H20F2O2. The third kappa shape index (κ3) is 2.90. The molecular weight excluding hydrogens is 298 g/mol. The second kappa shape index (κ2) is 6.19. The number of fused-ring (bicyclic) bond motifs is 3. The first-order chi connectivity index (χ1) is 11.0. The normalized spacial score (nSPS) is 11.7. The average molecular weight is 318 g/mol. The van der Waals surface area contributed by atoms with Crippen molar-refractivity contribution in [3.8, 4) is 5.75 Å². The summed E-state index contributed by atoms with van der Waals surface area (Å²) in [6.07, 6.45) is 1.89. The highest BCUT2D eigenvalue weighted by molar-refractivity contribution is 6.05. The summed E-state index contributed by atoms with van der Waals surface area (Å²) in [5, 5.41) is 1.14. The minimum Gasteiger partial charge on any atom is -0.490 e. The van der Waals surface area contributed by atoms with Crippen LogP contribution in [0.5, 0.6) is 5.75 Å². The summed E-state index contributed by atoms with van der Waals surface area (Å²) in [7, 11) is 0. The molecule has 0 fully saturated rings. The van der Waals surface area contributed by atoms with Gasteiger partial charge in [-0.25, -0.2) is 4.39 Å². The van der Waals surface area contributed by atoms with Gasteiger partial charge < -0.3 is 9.15 Å². The number of hydrogen-bond acceptors (Lipinski definition) is 2. The molecule has 0 radical (unpaired) electrons. The Bertz CT molecular complexity index is 850. The Kier molecular flexibility index (Phi) is 4.24. The van der Waals surface area contributed by atoms with Crippen molar-refractivity contribution in [3.63, 3.8) is 0 Å². The van der Waals surface area contributed by atoms with E-state index in [0.717, 1.165) is 12.8 Å². The van der Waals surface area contributed by atoms with Gasteiger partial charge in [-0.15, -0.1) is 0 Å². The molecule has 0 aliphatic rings. The van der Waals surface area contributed by atoms with Crippen molar-refractivity contribution in [3.05, 3.63) is 41.5 Å². The van der Waals surface area contributed by atoms with E-state index in [0.29, 0.717) is 28.9 Å². The molecule has 23 heavy (non-hydrogen) atoms. The van der Waals surface area contributed by atoms with E-state index in [1.807, 2.05) is 0 Å². The van der Waals surface area contributed by atoms with E-state index in [-0.39, 0.29) is 16.9 Å². The Labute approximate surface area is 134 Å². The van der Waals surface area contributed by atoms with Crippen molar-refractivity contribution in [1.29, 1.82) is 0 Å². The van der Waals surface area contributed by atoms with Gasteiger partial charge in [0.05, 0.1) is 6.61 Å². The van der Waals surface area contributed by atoms with E-state index in [2.05, 4.69) is 13.8 Å². The molecule has 3 rings (SSSR count). The lowest BCUT2D eigenvalue weighted by Crippen LogP contribution is -2.01. The topological polar surface area (TPSA) is 22.4 Å². The minimum absolute atomic E-state index is 0.0471. The van der Waals surface area contributed by atoms with E-state index >= 15 is 0 Å². The molecule has 0 unspecified atom stereocenters. The summed E-state index contributed by atoms with van der Waals surface area (Å²) in [4.78, 5) is 0. The molecule has 3 aromatic rings. The molecule has 0 aliphatic heterocycles. The van der Waals surface area contributed by atoms with Crippen LogP contribution in [0.25, 0.3) is 21.9 Å². The summed E-state index contributed by atoms with van der Waals surface area (Å²) in [5.74, 6) is -0.275. The Morgan fingerprint density at radius 1 is 1.00 bits per heavy atom. The van der Waals surface area contributed by atoms with Gasteiger partial charge in [0.1, 0.15) is 0 Å². The molecule has 0 saturated heterocycles. The predicted octanol–water partition coefficient (Wildman–Crippen LogP) is 5.99. The largest absolute Gasteiger partial charge is 0.490 e. The van der Waals surface area contributed by atoms with Gasteiger partial charge in [-0.2, -0.15) is 4.39 Å². The zero-order valence-electron chi connectivity index (χ0n) is 13.6. The number of furan rings is 1. The van der Waals surface area contributed by atoms with E-state index in [1.165, 1.54) is 0 Å². The van der Waals surface area contributed by atoms with Gasteiger partial charge in [0.25, 0.3) is 0 Å². The first kappa shape index (κ1) is 15.8. The Morgan fingerprint density at radius 3 is 2.35 bits per heavy atom. The molecule has 0 spiro atoms. The second-order valence-electron chi connectivity index (χ2n) is 6.31. The summed E-state index contributed by atoms with van der Waals surface area (Å²) < 4.78 is 39.7. The highest BCUT2D eigenvalue weighted by Crippen LogP contribution is 2.36. The summed E-state index contributed by atoms with van der Waals surface area (Å²) in [6, 6.07) is 6.72. The van der Waals surface area contributed by atoms with E-state index in [1.54, 1.807) is 31.2 Å². The van der Waals surface area contributed by atoms with Gasteiger partial charge in [-0.05, 0) is 43.4 Å². The van der Waals surface area contributed by atoms with Gasteiger partial charge in [-0.3, -0.25) is 0 Å². The highest BCUT2D eigenvalue weighted by atomic mass is 19.1. The van der Waals surface area contributed by atoms with E-state index in [4.69, 9.17) is 9.15 Å². The zero-order chi connectivity index (χ0) is 16.6. The van der Waals surface area contributed by atoms with E-state index < -0.39 is 11.6 Å². The lowest BCUT2D eigenvalue weighted by molar-refractivity contribution is 0.284. The quantitative estimate of drug-likeness (QED) is 0.539. The summed E-state index contributed by atoms with van der Waals surface area (Å²) in [6.45, 7) is 6.38. The van der Waals surface area contributed by atoms with Gasteiger partial charge in [0.2, 0.25) is 5.82 Å². The molecule has 1 aromatic heterocycles. The first-order valence-corrected chi connectivity index (χ1v) is 7.91. The fraction of sp³-hybridized carbons (Fsp3) is 0.368. The average Bonchev–Trinajstić information content (AvgIpc) is 2.89. The van der Waals surface area contributed by atoms with Crippen LogP contribution < -0.4 is 4.74 Å². The lowest BCUT2D eigenvalue weighted by atomic mass is 10.1. The summed E-state index contributed by atoms with van der Waals surface area (Å²) in [5.41, 5.74) is 0.615. The number of ether oxygens (including phenoxy) is 1. The van der Waals surface area contributed by atoms with Crippen LogP contribution in [-0.2, 0) is 0 Å². The molecule has 0 amide bonds. The van der Waals surface area contributed by atoms with Crippen molar-refractivity contribution >= 4 is 21.9 Å². The molecule has 0 bridgehead atoms. The maximum absolute atomic E-state index is 14.6. The second-order valence-corrected chi connectivity index (χ2v) is 6.31. The van der Waals surface area contributed by atoms with Crippen molar-refractivity contribution in [2.75, 3.05) is 6.61 Å². The molecule has 2 aromatic carbocycles. The number of aryl methyl sites for hydroxylation is 1. The van der Waals surface area contributed by atoms with Gasteiger partial charge in [0.15, 0.2) is 22.7 Å². The fourth-order valence-corrected chi connectivity index (χ4v) is 2.70. The SMILES string of the molecule is Cc1ccc2c(oc3c(F)c(OCCCC(C)C)ccc32)c1F. The van der Waals surface area contributed by atoms with Crippen LogP contribution in [0, 0.1) is 24.5 Å². The van der Waals surface area contributed by atoms with Crippen LogP contribution in [-0.4, -0.2) is 6.61 Å². The van der Waals surface area contributed by atoms with Crippen molar-refractivity contribution in [2.45, 2.75) is 33.6 Å². The number of halogens is 2. The third-order valence-electron chi connectivity index (χ3n) is 4.03. The lowest BCUT2D eigenvalue weighted by Gasteiger charge is -2.08. The Morgan fingerprint density at radius 2 is 1.65 bits per heavy atom. The third-order valence-corrected chi connectivity index (χ3v) is 4.03. The molecule has 122 valence electrons. The van der Waals surface area contributed by atoms with Crippen molar-refractivity contribution < 1.29 is 17.9 Å². The van der Waals surface area contributed by atoms with Gasteiger partial charge >= 0.3 is 0 Å². The van der Waals surface area contributed by atoms with Crippen LogP contribution >= 0.6 is 0 Å². The Hall–Kier alpha value is -2.10. The Balaban J connectivity index is 1.96. The number of rotatable bonds is 5. The fourth-order valence-electron chi connectivity index (χ4n) is 2.70. The van der Waals surface area contributed by atoms with E-state index in [9.17, 15) is 8.78 Å². The van der Waals surface area contributed by atoms with Crippen LogP contribution in [0.3, 0.4) is 0 Å². The molecule has 4 heteroatoms. The summed E-state index contributed by atoms with van der Waals surface area (Å²) >= 11 is 0. The van der Waals surface area contributed by atoms with Crippen LogP contribution in [0.2, 0.25) is 0 Å². The number of hydrogen-bond donors (Lipinski definition) is 0. The molecule has 1 heterocycles. The standard InChI is InChI=1S/C19H20F2O2/c1-11(2)5-4-10-22-15-9-8-14-13-7-6-12(3)16(20)18(13)23-19(14)17(15)21/h6-9,11H,4-5,10H2,1-3H3. The molecule has 0 N–H and O–H groups in total. The molecule has 2 nitrogen and oxygen atoms in total. The number of benzene rings is 2. The monoisotopic (exact) mass is 318 g/mol. The molecule has 0 saturated carbocycles. The van der Waals surface area contributed by atoms with Gasteiger partial charge in [-0.1, -0.05) is 26.0 Å². The maximum Gasteiger partial charge on any atom is 0.208 e. The van der Waals surface area contributed by atoms with Crippen molar-refractivity contribution in [1.82, 2.24) is 0 Å². The van der Waals surface area contributed by atoms with Gasteiger partial charge in [0, 0.05) is 10.8 Å². The van der Waals surface area contributed by atoms with Crippen LogP contribution in [0.4, 0.5) is 8.78 Å². The van der Waals surface area contributed by atoms with Crippen molar-refractivity contribution in [2.24, 2.45) is 5.92 Å². The molecule has 0 aliphatic carbocycles. The first-order valence-electron chi connectivity index (χ1n) is 7.91. The molecule has 0 atom stereocenters. The minimum atomic E-state index is -0.569. The highest BCUT2D eigenvalue weighted by Gasteiger charge is 2.18. The van der Waals surface area contributed by atoms with Crippen LogP contribution in [0.15, 0.2) is 28.7 Å². The smallest absolute Gasteiger partial charge is 0.208 e.